The molecule has 2 aliphatic rings. The molecule has 2 aromatic heterocycles. The molecule has 3 aromatic rings. The van der Waals surface area contributed by atoms with E-state index in [0.29, 0.717) is 18.8 Å². The number of rotatable bonds is 4. The minimum Gasteiger partial charge on any atom is -0.485 e. The van der Waals surface area contributed by atoms with Gasteiger partial charge in [-0.3, -0.25) is 9.89 Å². The van der Waals surface area contributed by atoms with Crippen molar-refractivity contribution < 1.29 is 9.53 Å². The third kappa shape index (κ3) is 3.06. The Bertz CT molecular complexity index is 995. The van der Waals surface area contributed by atoms with Gasteiger partial charge in [-0.05, 0) is 31.0 Å². The van der Waals surface area contributed by atoms with Crippen molar-refractivity contribution in [1.29, 1.82) is 0 Å². The van der Waals surface area contributed by atoms with Crippen LogP contribution < -0.4 is 9.64 Å². The van der Waals surface area contributed by atoms with Gasteiger partial charge in [0.15, 0.2) is 17.3 Å². The number of nitrogens with zero attached hydrogens (tertiary/aromatic N) is 4. The normalized spacial score (nSPS) is 19.5. The number of H-pyrrole nitrogens is 1. The van der Waals surface area contributed by atoms with Crippen LogP contribution in [0.25, 0.3) is 10.9 Å². The van der Waals surface area contributed by atoms with Gasteiger partial charge in [0.25, 0.3) is 5.91 Å². The zero-order chi connectivity index (χ0) is 18.9. The van der Waals surface area contributed by atoms with E-state index < -0.39 is 0 Å². The van der Waals surface area contributed by atoms with E-state index in [-0.39, 0.29) is 12.0 Å². The Morgan fingerprint density at radius 3 is 2.86 bits per heavy atom. The summed E-state index contributed by atoms with van der Waals surface area (Å²) in [7, 11) is 0. The van der Waals surface area contributed by atoms with E-state index >= 15 is 0 Å². The third-order valence-corrected chi connectivity index (χ3v) is 5.56. The molecule has 4 heterocycles. The van der Waals surface area contributed by atoms with Gasteiger partial charge in [-0.15, -0.1) is 0 Å². The number of hydrogen-bond donors (Lipinski definition) is 1. The first-order valence-electron chi connectivity index (χ1n) is 9.88. The van der Waals surface area contributed by atoms with Crippen molar-refractivity contribution in [1.82, 2.24) is 20.1 Å². The molecule has 2 fully saturated rings. The predicted octanol–water partition coefficient (Wildman–Crippen LogP) is 2.85. The maximum Gasteiger partial charge on any atom is 0.275 e. The fourth-order valence-electron chi connectivity index (χ4n) is 4.11. The van der Waals surface area contributed by atoms with E-state index in [2.05, 4.69) is 20.1 Å². The fraction of sp³-hybridized carbons (Fsp3) is 0.381. The molecule has 0 bridgehead atoms. The van der Waals surface area contributed by atoms with Crippen molar-refractivity contribution in [3.05, 3.63) is 48.3 Å². The van der Waals surface area contributed by atoms with Gasteiger partial charge in [0.1, 0.15) is 6.10 Å². The van der Waals surface area contributed by atoms with Gasteiger partial charge in [0, 0.05) is 37.6 Å². The van der Waals surface area contributed by atoms with Crippen LogP contribution in [-0.4, -0.2) is 58.3 Å². The van der Waals surface area contributed by atoms with E-state index in [1.165, 1.54) is 12.8 Å². The van der Waals surface area contributed by atoms with E-state index in [0.717, 1.165) is 42.0 Å². The van der Waals surface area contributed by atoms with E-state index in [1.807, 2.05) is 47.5 Å². The van der Waals surface area contributed by atoms with Crippen LogP contribution in [0, 0.1) is 0 Å². The van der Waals surface area contributed by atoms with Crippen LogP contribution in [0.5, 0.6) is 5.75 Å². The van der Waals surface area contributed by atoms with Crippen LogP contribution in [-0.2, 0) is 0 Å². The number of aromatic nitrogens is 3. The molecule has 2 saturated heterocycles. The van der Waals surface area contributed by atoms with Crippen molar-refractivity contribution in [3.8, 4) is 5.75 Å². The third-order valence-electron chi connectivity index (χ3n) is 5.56. The number of carbonyl (C=O) groups excluding carboxylic acids is 1. The Kier molecular flexibility index (Phi) is 4.35. The van der Waals surface area contributed by atoms with Crippen LogP contribution in [0.2, 0.25) is 0 Å². The number of para-hydroxylation sites is 1. The SMILES string of the molecule is O=C(c1n[nH]c2ccccc12)N1CCC(Oc2cccnc2N2CCCC2)C1. The summed E-state index contributed by atoms with van der Waals surface area (Å²) in [5, 5.41) is 8.04. The zero-order valence-electron chi connectivity index (χ0n) is 15.7. The lowest BCUT2D eigenvalue weighted by atomic mass is 10.2. The van der Waals surface area contributed by atoms with Gasteiger partial charge < -0.3 is 14.5 Å². The molecule has 0 spiro atoms. The van der Waals surface area contributed by atoms with E-state index in [1.54, 1.807) is 0 Å². The first-order chi connectivity index (χ1) is 13.8. The maximum absolute atomic E-state index is 13.0. The number of pyridine rings is 1. The Balaban J connectivity index is 1.30. The molecule has 144 valence electrons. The van der Waals surface area contributed by atoms with Gasteiger partial charge in [0.2, 0.25) is 0 Å². The van der Waals surface area contributed by atoms with Crippen molar-refractivity contribution in [2.24, 2.45) is 0 Å². The number of nitrogens with one attached hydrogen (secondary N) is 1. The highest BCUT2D eigenvalue weighted by molar-refractivity contribution is 6.04. The molecule has 1 N–H and O–H groups in total. The Labute approximate surface area is 163 Å². The lowest BCUT2D eigenvalue weighted by Crippen LogP contribution is -2.31. The highest BCUT2D eigenvalue weighted by Crippen LogP contribution is 2.30. The highest BCUT2D eigenvalue weighted by atomic mass is 16.5. The van der Waals surface area contributed by atoms with Crippen molar-refractivity contribution in [3.63, 3.8) is 0 Å². The number of carbonyl (C=O) groups is 1. The largest absolute Gasteiger partial charge is 0.485 e. The second-order valence-corrected chi connectivity index (χ2v) is 7.42. The molecule has 28 heavy (non-hydrogen) atoms. The summed E-state index contributed by atoms with van der Waals surface area (Å²) in [4.78, 5) is 21.6. The number of anilines is 1. The number of ether oxygens (including phenoxy) is 1. The van der Waals surface area contributed by atoms with Crippen LogP contribution in [0.15, 0.2) is 42.6 Å². The minimum atomic E-state index is -0.0468. The van der Waals surface area contributed by atoms with Gasteiger partial charge in [0.05, 0.1) is 12.1 Å². The van der Waals surface area contributed by atoms with Gasteiger partial charge in [-0.2, -0.15) is 5.10 Å². The van der Waals surface area contributed by atoms with Crippen molar-refractivity contribution >= 4 is 22.6 Å². The van der Waals surface area contributed by atoms with Gasteiger partial charge in [-0.1, -0.05) is 18.2 Å². The summed E-state index contributed by atoms with van der Waals surface area (Å²) in [5.41, 5.74) is 1.36. The molecule has 0 radical (unpaired) electrons. The molecule has 1 aromatic carbocycles. The topological polar surface area (TPSA) is 74.3 Å². The smallest absolute Gasteiger partial charge is 0.275 e. The van der Waals surface area contributed by atoms with Crippen LogP contribution in [0.3, 0.4) is 0 Å². The van der Waals surface area contributed by atoms with Crippen molar-refractivity contribution in [2.75, 3.05) is 31.1 Å². The number of likely N-dealkylation sites (tertiary alicyclic amines) is 1. The molecule has 0 aliphatic carbocycles. The maximum atomic E-state index is 13.0. The lowest BCUT2D eigenvalue weighted by molar-refractivity contribution is 0.0768. The zero-order valence-corrected chi connectivity index (χ0v) is 15.7. The summed E-state index contributed by atoms with van der Waals surface area (Å²) in [6.45, 7) is 3.28. The predicted molar refractivity (Wildman–Crippen MR) is 107 cm³/mol. The first kappa shape index (κ1) is 17.0. The standard InChI is InChI=1S/C21H23N5O2/c27-21(19-16-6-1-2-7-17(16)23-24-19)26-13-9-15(14-26)28-18-8-5-10-22-20(18)25-11-3-4-12-25/h1-2,5-8,10,15H,3-4,9,11-14H2,(H,23,24). The molecule has 7 heteroatoms. The number of fused-ring (bicyclic) bond motifs is 1. The summed E-state index contributed by atoms with van der Waals surface area (Å²) >= 11 is 0. The van der Waals surface area contributed by atoms with Gasteiger partial charge >= 0.3 is 0 Å². The molecule has 7 nitrogen and oxygen atoms in total. The van der Waals surface area contributed by atoms with Gasteiger partial charge in [-0.25, -0.2) is 4.98 Å². The number of amides is 1. The fourth-order valence-corrected chi connectivity index (χ4v) is 4.11. The molecule has 0 saturated carbocycles. The second-order valence-electron chi connectivity index (χ2n) is 7.42. The molecular weight excluding hydrogens is 354 g/mol. The van der Waals surface area contributed by atoms with E-state index in [4.69, 9.17) is 4.74 Å². The molecule has 1 amide bonds. The lowest BCUT2D eigenvalue weighted by Gasteiger charge is -2.22. The summed E-state index contributed by atoms with van der Waals surface area (Å²) in [6.07, 6.45) is 4.98. The van der Waals surface area contributed by atoms with Crippen molar-refractivity contribution in [2.45, 2.75) is 25.4 Å². The average Bonchev–Trinajstić information content (AvgIpc) is 3.48. The van der Waals surface area contributed by atoms with Crippen LogP contribution >= 0.6 is 0 Å². The minimum absolute atomic E-state index is 0.0280. The summed E-state index contributed by atoms with van der Waals surface area (Å²) in [6, 6.07) is 11.6. The first-order valence-corrected chi connectivity index (χ1v) is 9.88. The van der Waals surface area contributed by atoms with E-state index in [9.17, 15) is 4.79 Å². The van der Waals surface area contributed by atoms with Crippen LogP contribution in [0.4, 0.5) is 5.82 Å². The quantitative estimate of drug-likeness (QED) is 0.757. The average molecular weight is 377 g/mol. The van der Waals surface area contributed by atoms with Crippen LogP contribution in [0.1, 0.15) is 29.8 Å². The highest BCUT2D eigenvalue weighted by Gasteiger charge is 2.31. The number of benzene rings is 1. The number of hydrogen-bond acceptors (Lipinski definition) is 5. The summed E-state index contributed by atoms with van der Waals surface area (Å²) in [5.74, 6) is 1.69. The Hall–Kier alpha value is -3.09. The summed E-state index contributed by atoms with van der Waals surface area (Å²) < 4.78 is 6.28. The molecule has 1 atom stereocenters. The second kappa shape index (κ2) is 7.14. The molecule has 5 rings (SSSR count). The Morgan fingerprint density at radius 2 is 1.96 bits per heavy atom. The molecular formula is C21H23N5O2. The Morgan fingerprint density at radius 1 is 1.11 bits per heavy atom. The molecule has 1 unspecified atom stereocenters. The molecule has 2 aliphatic heterocycles. The number of aromatic amines is 1. The monoisotopic (exact) mass is 377 g/mol.